The fourth-order valence-corrected chi connectivity index (χ4v) is 2.36. The number of aryl methyl sites for hydroxylation is 2. The van der Waals surface area contributed by atoms with Gasteiger partial charge in [0.15, 0.2) is 0 Å². The Morgan fingerprint density at radius 1 is 1.15 bits per heavy atom. The largest absolute Gasteiger partial charge is 0.491 e. The van der Waals surface area contributed by atoms with Gasteiger partial charge in [0.1, 0.15) is 17.3 Å². The molecule has 1 unspecified atom stereocenters. The van der Waals surface area contributed by atoms with E-state index in [4.69, 9.17) is 15.0 Å². The Kier molecular flexibility index (Phi) is 4.47. The Morgan fingerprint density at radius 3 is 2.40 bits per heavy atom. The van der Waals surface area contributed by atoms with Crippen molar-refractivity contribution in [3.8, 4) is 5.75 Å². The topological polar surface area (TPSA) is 60.4 Å². The monoisotopic (exact) mass is 274 g/mol. The van der Waals surface area contributed by atoms with Crippen molar-refractivity contribution >= 4 is 0 Å². The van der Waals surface area contributed by atoms with Crippen LogP contribution in [-0.4, -0.2) is 6.10 Å². The second-order valence-corrected chi connectivity index (χ2v) is 5.17. The molecule has 0 bridgehead atoms. The minimum atomic E-state index is -0.151. The van der Waals surface area contributed by atoms with E-state index in [1.165, 1.54) is 0 Å². The van der Waals surface area contributed by atoms with Crippen LogP contribution in [0.5, 0.6) is 5.75 Å². The number of hydrazine groups is 1. The molecule has 1 aromatic heterocycles. The van der Waals surface area contributed by atoms with Crippen LogP contribution in [0, 0.1) is 13.8 Å². The first-order valence-corrected chi connectivity index (χ1v) is 6.81. The van der Waals surface area contributed by atoms with Crippen molar-refractivity contribution in [3.63, 3.8) is 0 Å². The lowest BCUT2D eigenvalue weighted by molar-refractivity contribution is 0.238. The molecule has 108 valence electrons. The van der Waals surface area contributed by atoms with Gasteiger partial charge in [-0.05, 0) is 39.8 Å². The number of nitrogens with two attached hydrogens (primary N) is 1. The van der Waals surface area contributed by atoms with Crippen LogP contribution >= 0.6 is 0 Å². The Labute approximate surface area is 119 Å². The molecule has 0 aliphatic carbocycles. The fourth-order valence-electron chi connectivity index (χ4n) is 2.36. The molecule has 1 heterocycles. The van der Waals surface area contributed by atoms with Crippen LogP contribution in [0.15, 0.2) is 34.7 Å². The summed E-state index contributed by atoms with van der Waals surface area (Å²) < 4.78 is 11.5. The third-order valence-corrected chi connectivity index (χ3v) is 3.15. The molecular formula is C16H22N2O2. The number of furan rings is 1. The van der Waals surface area contributed by atoms with Gasteiger partial charge in [-0.3, -0.25) is 5.84 Å². The standard InChI is InChI=1S/C16H22N2O2/c1-10(2)19-15-8-6-5-7-13(15)16(18-17)14-9-11(3)20-12(14)4/h5-10,16,18H,17H2,1-4H3. The summed E-state index contributed by atoms with van der Waals surface area (Å²) in [6.45, 7) is 7.89. The van der Waals surface area contributed by atoms with Crippen molar-refractivity contribution in [1.29, 1.82) is 0 Å². The maximum Gasteiger partial charge on any atom is 0.124 e. The molecule has 20 heavy (non-hydrogen) atoms. The first kappa shape index (κ1) is 14.6. The minimum absolute atomic E-state index is 0.113. The van der Waals surface area contributed by atoms with Gasteiger partial charge in [0.25, 0.3) is 0 Å². The Hall–Kier alpha value is -1.78. The lowest BCUT2D eigenvalue weighted by atomic mass is 9.98. The normalized spacial score (nSPS) is 12.7. The van der Waals surface area contributed by atoms with E-state index in [0.29, 0.717) is 0 Å². The molecule has 0 fully saturated rings. The zero-order valence-corrected chi connectivity index (χ0v) is 12.4. The zero-order chi connectivity index (χ0) is 14.7. The number of para-hydroxylation sites is 1. The minimum Gasteiger partial charge on any atom is -0.491 e. The maximum atomic E-state index is 5.87. The van der Waals surface area contributed by atoms with Crippen LogP contribution in [0.2, 0.25) is 0 Å². The van der Waals surface area contributed by atoms with Crippen molar-refractivity contribution in [1.82, 2.24) is 5.43 Å². The number of hydrogen-bond acceptors (Lipinski definition) is 4. The summed E-state index contributed by atoms with van der Waals surface area (Å²) in [4.78, 5) is 0. The van der Waals surface area contributed by atoms with E-state index in [-0.39, 0.29) is 12.1 Å². The molecule has 2 aromatic rings. The van der Waals surface area contributed by atoms with E-state index in [1.54, 1.807) is 0 Å². The van der Waals surface area contributed by atoms with Gasteiger partial charge >= 0.3 is 0 Å². The maximum absolute atomic E-state index is 5.87. The lowest BCUT2D eigenvalue weighted by Crippen LogP contribution is -2.29. The van der Waals surface area contributed by atoms with Gasteiger partial charge in [0.2, 0.25) is 0 Å². The van der Waals surface area contributed by atoms with Crippen molar-refractivity contribution in [2.24, 2.45) is 5.84 Å². The van der Waals surface area contributed by atoms with Gasteiger partial charge in [0.05, 0.1) is 12.1 Å². The highest BCUT2D eigenvalue weighted by Crippen LogP contribution is 2.32. The van der Waals surface area contributed by atoms with Crippen LogP contribution in [0.25, 0.3) is 0 Å². The third kappa shape index (κ3) is 3.03. The molecule has 1 aromatic carbocycles. The predicted octanol–water partition coefficient (Wildman–Crippen LogP) is 3.24. The van der Waals surface area contributed by atoms with Gasteiger partial charge in [-0.1, -0.05) is 18.2 Å². The molecule has 4 nitrogen and oxygen atoms in total. The van der Waals surface area contributed by atoms with E-state index in [1.807, 2.05) is 58.0 Å². The van der Waals surface area contributed by atoms with Crippen molar-refractivity contribution in [3.05, 3.63) is 53.0 Å². The third-order valence-electron chi connectivity index (χ3n) is 3.15. The van der Waals surface area contributed by atoms with Crippen LogP contribution in [0.3, 0.4) is 0 Å². The number of rotatable bonds is 5. The fraction of sp³-hybridized carbons (Fsp3) is 0.375. The molecule has 0 aliphatic heterocycles. The summed E-state index contributed by atoms with van der Waals surface area (Å²) in [5.74, 6) is 8.34. The number of ether oxygens (including phenoxy) is 1. The number of nitrogens with one attached hydrogen (secondary N) is 1. The molecule has 0 spiro atoms. The molecule has 2 rings (SSSR count). The highest BCUT2D eigenvalue weighted by molar-refractivity contribution is 5.42. The van der Waals surface area contributed by atoms with E-state index in [9.17, 15) is 0 Å². The van der Waals surface area contributed by atoms with E-state index in [2.05, 4.69) is 5.43 Å². The quantitative estimate of drug-likeness (QED) is 0.649. The van der Waals surface area contributed by atoms with Gasteiger partial charge in [0, 0.05) is 11.1 Å². The first-order chi connectivity index (χ1) is 9.52. The van der Waals surface area contributed by atoms with Crippen molar-refractivity contribution < 1.29 is 9.15 Å². The van der Waals surface area contributed by atoms with Crippen LogP contribution in [-0.2, 0) is 0 Å². The Balaban J connectivity index is 2.44. The van der Waals surface area contributed by atoms with E-state index >= 15 is 0 Å². The summed E-state index contributed by atoms with van der Waals surface area (Å²) in [7, 11) is 0. The molecule has 0 amide bonds. The molecule has 0 saturated carbocycles. The molecular weight excluding hydrogens is 252 g/mol. The van der Waals surface area contributed by atoms with E-state index in [0.717, 1.165) is 28.4 Å². The van der Waals surface area contributed by atoms with Crippen molar-refractivity contribution in [2.75, 3.05) is 0 Å². The van der Waals surface area contributed by atoms with Gasteiger partial charge in [-0.15, -0.1) is 0 Å². The van der Waals surface area contributed by atoms with E-state index < -0.39 is 0 Å². The molecule has 0 radical (unpaired) electrons. The average molecular weight is 274 g/mol. The SMILES string of the molecule is Cc1cc(C(NN)c2ccccc2OC(C)C)c(C)o1. The second kappa shape index (κ2) is 6.11. The predicted molar refractivity (Wildman–Crippen MR) is 79.6 cm³/mol. The first-order valence-electron chi connectivity index (χ1n) is 6.81. The van der Waals surface area contributed by atoms with Crippen LogP contribution < -0.4 is 16.0 Å². The highest BCUT2D eigenvalue weighted by Gasteiger charge is 2.21. The Morgan fingerprint density at radius 2 is 1.85 bits per heavy atom. The van der Waals surface area contributed by atoms with Gasteiger partial charge in [-0.25, -0.2) is 5.43 Å². The lowest BCUT2D eigenvalue weighted by Gasteiger charge is -2.21. The molecule has 3 N–H and O–H groups in total. The van der Waals surface area contributed by atoms with Gasteiger partial charge < -0.3 is 9.15 Å². The molecule has 1 atom stereocenters. The van der Waals surface area contributed by atoms with Crippen LogP contribution in [0.4, 0.5) is 0 Å². The second-order valence-electron chi connectivity index (χ2n) is 5.17. The molecule has 4 heteroatoms. The summed E-state index contributed by atoms with van der Waals surface area (Å²) in [6, 6.07) is 9.78. The summed E-state index contributed by atoms with van der Waals surface area (Å²) >= 11 is 0. The average Bonchev–Trinajstić information content (AvgIpc) is 2.71. The smallest absolute Gasteiger partial charge is 0.124 e. The summed E-state index contributed by atoms with van der Waals surface area (Å²) in [5.41, 5.74) is 4.90. The summed E-state index contributed by atoms with van der Waals surface area (Å²) in [6.07, 6.45) is 0.113. The van der Waals surface area contributed by atoms with Crippen LogP contribution in [0.1, 0.15) is 42.5 Å². The summed E-state index contributed by atoms with van der Waals surface area (Å²) in [5, 5.41) is 0. The highest BCUT2D eigenvalue weighted by atomic mass is 16.5. The van der Waals surface area contributed by atoms with Crippen molar-refractivity contribution in [2.45, 2.75) is 39.8 Å². The molecule has 0 saturated heterocycles. The Bertz CT molecular complexity index is 576. The van der Waals surface area contributed by atoms with Gasteiger partial charge in [-0.2, -0.15) is 0 Å². The molecule has 0 aliphatic rings. The number of hydrogen-bond donors (Lipinski definition) is 2. The zero-order valence-electron chi connectivity index (χ0n) is 12.4. The number of benzene rings is 1.